The fourth-order valence-corrected chi connectivity index (χ4v) is 1.90. The molecule has 2 amide bonds. The molecule has 2 aromatic rings. The van der Waals surface area contributed by atoms with Crippen LogP contribution in [0.2, 0.25) is 0 Å². The highest BCUT2D eigenvalue weighted by Crippen LogP contribution is 2.14. The van der Waals surface area contributed by atoms with Crippen LogP contribution >= 0.6 is 0 Å². The molecule has 0 aliphatic heterocycles. The van der Waals surface area contributed by atoms with Gasteiger partial charge in [-0.25, -0.2) is 0 Å². The third kappa shape index (κ3) is 4.44. The average molecular weight is 301 g/mol. The molecule has 0 fully saturated rings. The van der Waals surface area contributed by atoms with Crippen molar-refractivity contribution in [2.45, 2.75) is 33.6 Å². The van der Waals surface area contributed by atoms with Crippen LogP contribution in [-0.2, 0) is 9.59 Å². The molecule has 0 saturated heterocycles. The summed E-state index contributed by atoms with van der Waals surface area (Å²) in [4.78, 5) is 23.5. The maximum Gasteiger partial charge on any atom is 0.226 e. The minimum absolute atomic E-state index is 0.0859. The summed E-state index contributed by atoms with van der Waals surface area (Å²) >= 11 is 0. The van der Waals surface area contributed by atoms with Gasteiger partial charge in [-0.2, -0.15) is 0 Å². The van der Waals surface area contributed by atoms with E-state index < -0.39 is 0 Å². The molecular formula is C16H19N3O3. The second kappa shape index (κ2) is 6.89. The summed E-state index contributed by atoms with van der Waals surface area (Å²) in [5, 5.41) is 9.02. The van der Waals surface area contributed by atoms with Gasteiger partial charge < -0.3 is 15.2 Å². The van der Waals surface area contributed by atoms with Crippen LogP contribution in [0.4, 0.5) is 11.5 Å². The Morgan fingerprint density at radius 2 is 1.68 bits per heavy atom. The van der Waals surface area contributed by atoms with Gasteiger partial charge in [0, 0.05) is 24.6 Å². The summed E-state index contributed by atoms with van der Waals surface area (Å²) in [6.07, 6.45) is 0.193. The number of nitrogens with one attached hydrogen (secondary N) is 2. The molecule has 0 unspecified atom stereocenters. The smallest absolute Gasteiger partial charge is 0.226 e. The zero-order chi connectivity index (χ0) is 16.1. The number of carbonyl (C=O) groups excluding carboxylic acids is 2. The lowest BCUT2D eigenvalue weighted by molar-refractivity contribution is -0.121. The van der Waals surface area contributed by atoms with Crippen LogP contribution < -0.4 is 10.6 Å². The summed E-state index contributed by atoms with van der Waals surface area (Å²) in [5.74, 6) is 0.498. The zero-order valence-corrected chi connectivity index (χ0v) is 12.9. The minimum atomic E-state index is -0.275. The Morgan fingerprint density at radius 3 is 2.27 bits per heavy atom. The summed E-state index contributed by atoms with van der Waals surface area (Å²) in [6.45, 7) is 5.73. The normalized spacial score (nSPS) is 10.3. The molecule has 2 N–H and O–H groups in total. The third-order valence-electron chi connectivity index (χ3n) is 3.27. The van der Waals surface area contributed by atoms with Crippen molar-refractivity contribution in [2.75, 3.05) is 10.6 Å². The van der Waals surface area contributed by atoms with Crippen molar-refractivity contribution in [2.24, 2.45) is 0 Å². The molecule has 0 aliphatic rings. The minimum Gasteiger partial charge on any atom is -0.360 e. The van der Waals surface area contributed by atoms with Crippen molar-refractivity contribution >= 4 is 23.3 Å². The number of nitrogens with zero attached hydrogens (tertiary/aromatic N) is 1. The molecule has 6 nitrogen and oxygen atoms in total. The molecule has 2 rings (SSSR count). The number of aromatic nitrogens is 1. The van der Waals surface area contributed by atoms with Gasteiger partial charge in [-0.05, 0) is 44.0 Å². The van der Waals surface area contributed by atoms with E-state index >= 15 is 0 Å². The topological polar surface area (TPSA) is 84.2 Å². The summed E-state index contributed by atoms with van der Waals surface area (Å²) < 4.78 is 4.85. The van der Waals surface area contributed by atoms with Gasteiger partial charge in [-0.1, -0.05) is 11.2 Å². The van der Waals surface area contributed by atoms with Crippen LogP contribution in [-0.4, -0.2) is 17.0 Å². The first kappa shape index (κ1) is 15.8. The van der Waals surface area contributed by atoms with Crippen molar-refractivity contribution in [3.8, 4) is 0 Å². The summed E-state index contributed by atoms with van der Waals surface area (Å²) in [7, 11) is 0. The van der Waals surface area contributed by atoms with E-state index in [9.17, 15) is 9.59 Å². The third-order valence-corrected chi connectivity index (χ3v) is 3.27. The molecule has 0 saturated carbocycles. The molecule has 0 atom stereocenters. The lowest BCUT2D eigenvalue weighted by Crippen LogP contribution is -2.17. The number of hydrogen-bond donors (Lipinski definition) is 2. The Bertz CT molecular complexity index is 692. The number of amides is 2. The van der Waals surface area contributed by atoms with Gasteiger partial charge in [0.05, 0.1) is 0 Å². The van der Waals surface area contributed by atoms with Gasteiger partial charge in [-0.15, -0.1) is 0 Å². The molecule has 6 heteroatoms. The lowest BCUT2D eigenvalue weighted by Gasteiger charge is -2.07. The quantitative estimate of drug-likeness (QED) is 0.889. The van der Waals surface area contributed by atoms with Crippen LogP contribution in [0.1, 0.15) is 29.7 Å². The van der Waals surface area contributed by atoms with E-state index in [4.69, 9.17) is 4.52 Å². The van der Waals surface area contributed by atoms with Gasteiger partial charge in [0.1, 0.15) is 5.76 Å². The highest BCUT2D eigenvalue weighted by Gasteiger charge is 2.10. The van der Waals surface area contributed by atoms with Crippen molar-refractivity contribution in [3.63, 3.8) is 0 Å². The predicted molar refractivity (Wildman–Crippen MR) is 83.6 cm³/mol. The van der Waals surface area contributed by atoms with Crippen LogP contribution in [0.3, 0.4) is 0 Å². The highest BCUT2D eigenvalue weighted by molar-refractivity contribution is 5.96. The molecule has 0 spiro atoms. The standard InChI is InChI=1S/C16H19N3O3/c1-10-4-5-13(8-11(10)2)17-15(20)6-7-16(21)18-14-9-12(3)22-19-14/h4-5,8-9H,6-7H2,1-3H3,(H,17,20)(H,18,19,21). The predicted octanol–water partition coefficient (Wildman–Crippen LogP) is 2.96. The van der Waals surface area contributed by atoms with Gasteiger partial charge in [0.25, 0.3) is 0 Å². The number of anilines is 2. The number of benzene rings is 1. The zero-order valence-electron chi connectivity index (χ0n) is 12.9. The highest BCUT2D eigenvalue weighted by atomic mass is 16.5. The van der Waals surface area contributed by atoms with Crippen LogP contribution in [0.25, 0.3) is 0 Å². The summed E-state index contributed by atoms with van der Waals surface area (Å²) in [5.41, 5.74) is 3.01. The maximum absolute atomic E-state index is 11.8. The van der Waals surface area contributed by atoms with Crippen LogP contribution in [0.5, 0.6) is 0 Å². The second-order valence-electron chi connectivity index (χ2n) is 5.22. The molecule has 22 heavy (non-hydrogen) atoms. The first-order chi connectivity index (χ1) is 10.4. The van der Waals surface area contributed by atoms with Crippen LogP contribution in [0, 0.1) is 20.8 Å². The first-order valence-corrected chi connectivity index (χ1v) is 7.04. The van der Waals surface area contributed by atoms with Gasteiger partial charge >= 0.3 is 0 Å². The molecule has 0 aliphatic carbocycles. The molecule has 116 valence electrons. The van der Waals surface area contributed by atoms with E-state index in [1.807, 2.05) is 32.0 Å². The molecule has 1 aromatic heterocycles. The van der Waals surface area contributed by atoms with E-state index in [1.165, 1.54) is 5.56 Å². The summed E-state index contributed by atoms with van der Waals surface area (Å²) in [6, 6.07) is 7.32. The Morgan fingerprint density at radius 1 is 1.00 bits per heavy atom. The van der Waals surface area contributed by atoms with Crippen LogP contribution in [0.15, 0.2) is 28.8 Å². The SMILES string of the molecule is Cc1cc(NC(=O)CCC(=O)Nc2ccc(C)c(C)c2)no1. The first-order valence-electron chi connectivity index (χ1n) is 7.04. The van der Waals surface area contributed by atoms with Crippen molar-refractivity contribution < 1.29 is 14.1 Å². The lowest BCUT2D eigenvalue weighted by atomic mass is 10.1. The van der Waals surface area contributed by atoms with Crippen molar-refractivity contribution in [1.82, 2.24) is 5.16 Å². The number of aryl methyl sites for hydroxylation is 3. The van der Waals surface area contributed by atoms with E-state index in [0.717, 1.165) is 11.3 Å². The Labute approximate surface area is 128 Å². The monoisotopic (exact) mass is 301 g/mol. The van der Waals surface area contributed by atoms with Gasteiger partial charge in [0.15, 0.2) is 5.82 Å². The fraction of sp³-hybridized carbons (Fsp3) is 0.312. The van der Waals surface area contributed by atoms with E-state index in [0.29, 0.717) is 11.6 Å². The average Bonchev–Trinajstić information content (AvgIpc) is 2.86. The Balaban J connectivity index is 1.79. The maximum atomic E-state index is 11.8. The van der Waals surface area contributed by atoms with E-state index in [-0.39, 0.29) is 24.7 Å². The number of carbonyl (C=O) groups is 2. The van der Waals surface area contributed by atoms with E-state index in [2.05, 4.69) is 15.8 Å². The molecule has 0 bridgehead atoms. The molecule has 0 radical (unpaired) electrons. The van der Waals surface area contributed by atoms with Gasteiger partial charge in [0.2, 0.25) is 11.8 Å². The molecular weight excluding hydrogens is 282 g/mol. The van der Waals surface area contributed by atoms with E-state index in [1.54, 1.807) is 13.0 Å². The number of rotatable bonds is 5. The Kier molecular flexibility index (Phi) is 4.93. The van der Waals surface area contributed by atoms with Gasteiger partial charge in [-0.3, -0.25) is 9.59 Å². The van der Waals surface area contributed by atoms with Crippen molar-refractivity contribution in [1.29, 1.82) is 0 Å². The molecule has 1 heterocycles. The second-order valence-corrected chi connectivity index (χ2v) is 5.22. The fourth-order valence-electron chi connectivity index (χ4n) is 1.90. The Hall–Kier alpha value is -2.63. The number of hydrogen-bond acceptors (Lipinski definition) is 4. The molecule has 1 aromatic carbocycles. The van der Waals surface area contributed by atoms with Crippen molar-refractivity contribution in [3.05, 3.63) is 41.2 Å². The largest absolute Gasteiger partial charge is 0.360 e.